The summed E-state index contributed by atoms with van der Waals surface area (Å²) >= 11 is 0. The predicted octanol–water partition coefficient (Wildman–Crippen LogP) is 1.76. The van der Waals surface area contributed by atoms with E-state index >= 15 is 0 Å². The molecular formula is C13H11N3O3S. The van der Waals surface area contributed by atoms with Gasteiger partial charge in [0.05, 0.1) is 7.11 Å². The van der Waals surface area contributed by atoms with Crippen molar-refractivity contribution in [2.24, 2.45) is 0 Å². The van der Waals surface area contributed by atoms with Crippen LogP contribution in [0.25, 0.3) is 0 Å². The summed E-state index contributed by atoms with van der Waals surface area (Å²) < 4.78 is 31.8. The number of benzene rings is 1. The number of aromatic nitrogens is 1. The van der Waals surface area contributed by atoms with E-state index in [1.54, 1.807) is 30.3 Å². The first-order valence-electron chi connectivity index (χ1n) is 5.59. The van der Waals surface area contributed by atoms with E-state index in [1.807, 2.05) is 0 Å². The average Bonchev–Trinajstić information content (AvgIpc) is 2.47. The lowest BCUT2D eigenvalue weighted by molar-refractivity contribution is 0.415. The molecule has 0 bridgehead atoms. The van der Waals surface area contributed by atoms with Crippen molar-refractivity contribution in [1.29, 1.82) is 5.26 Å². The molecule has 0 aliphatic rings. The van der Waals surface area contributed by atoms with Gasteiger partial charge in [-0.05, 0) is 36.4 Å². The molecular weight excluding hydrogens is 278 g/mol. The molecule has 2 aromatic rings. The van der Waals surface area contributed by atoms with Crippen molar-refractivity contribution in [2.45, 2.75) is 4.90 Å². The molecule has 6 nitrogen and oxygen atoms in total. The van der Waals surface area contributed by atoms with E-state index in [0.29, 0.717) is 11.4 Å². The SMILES string of the molecule is COc1ccc(NS(=O)(=O)c2cccnc2C#N)cc1. The van der Waals surface area contributed by atoms with E-state index in [0.717, 1.165) is 0 Å². The Morgan fingerprint density at radius 1 is 1.25 bits per heavy atom. The number of rotatable bonds is 4. The van der Waals surface area contributed by atoms with Crippen LogP contribution in [0, 0.1) is 11.3 Å². The second-order valence-corrected chi connectivity index (χ2v) is 5.45. The summed E-state index contributed by atoms with van der Waals surface area (Å²) in [5.41, 5.74) is 0.229. The van der Waals surface area contributed by atoms with Crippen LogP contribution < -0.4 is 9.46 Å². The Hall–Kier alpha value is -2.59. The summed E-state index contributed by atoms with van der Waals surface area (Å²) in [7, 11) is -2.33. The van der Waals surface area contributed by atoms with E-state index in [2.05, 4.69) is 9.71 Å². The lowest BCUT2D eigenvalue weighted by atomic mass is 10.3. The van der Waals surface area contributed by atoms with Crippen molar-refractivity contribution in [3.8, 4) is 11.8 Å². The van der Waals surface area contributed by atoms with Gasteiger partial charge in [0.1, 0.15) is 16.7 Å². The Bertz CT molecular complexity index is 749. The van der Waals surface area contributed by atoms with Crippen LogP contribution in [-0.4, -0.2) is 20.5 Å². The number of pyridine rings is 1. The second kappa shape index (κ2) is 5.59. The molecule has 0 aliphatic carbocycles. The van der Waals surface area contributed by atoms with Crippen molar-refractivity contribution in [2.75, 3.05) is 11.8 Å². The van der Waals surface area contributed by atoms with Crippen LogP contribution >= 0.6 is 0 Å². The normalized spacial score (nSPS) is 10.6. The largest absolute Gasteiger partial charge is 0.497 e. The standard InChI is InChI=1S/C13H11N3O3S/c1-19-11-6-4-10(5-7-11)16-20(17,18)13-3-2-8-15-12(13)9-14/h2-8,16H,1H3. The number of hydrogen-bond donors (Lipinski definition) is 1. The molecule has 102 valence electrons. The van der Waals surface area contributed by atoms with Gasteiger partial charge in [0, 0.05) is 11.9 Å². The second-order valence-electron chi connectivity index (χ2n) is 3.80. The van der Waals surface area contributed by atoms with Gasteiger partial charge in [-0.2, -0.15) is 5.26 Å². The molecule has 0 aliphatic heterocycles. The third kappa shape index (κ3) is 2.87. The van der Waals surface area contributed by atoms with Crippen LogP contribution in [0.5, 0.6) is 5.75 Å². The maximum atomic E-state index is 12.2. The minimum Gasteiger partial charge on any atom is -0.497 e. The summed E-state index contributed by atoms with van der Waals surface area (Å²) in [6.07, 6.45) is 1.37. The van der Waals surface area contributed by atoms with Gasteiger partial charge in [0.2, 0.25) is 0 Å². The lowest BCUT2D eigenvalue weighted by Crippen LogP contribution is -2.14. The highest BCUT2D eigenvalue weighted by molar-refractivity contribution is 7.92. The first kappa shape index (κ1) is 13.8. The molecule has 20 heavy (non-hydrogen) atoms. The van der Waals surface area contributed by atoms with Gasteiger partial charge < -0.3 is 4.74 Å². The van der Waals surface area contributed by atoms with E-state index in [9.17, 15) is 8.42 Å². The first-order chi connectivity index (χ1) is 9.56. The molecule has 7 heteroatoms. The Morgan fingerprint density at radius 2 is 1.95 bits per heavy atom. The third-order valence-electron chi connectivity index (χ3n) is 2.51. The molecule has 0 amide bonds. The highest BCUT2D eigenvalue weighted by atomic mass is 32.2. The van der Waals surface area contributed by atoms with Crippen LogP contribution in [0.15, 0.2) is 47.5 Å². The number of ether oxygens (including phenoxy) is 1. The molecule has 0 spiro atoms. The molecule has 1 N–H and O–H groups in total. The lowest BCUT2D eigenvalue weighted by Gasteiger charge is -2.09. The zero-order valence-corrected chi connectivity index (χ0v) is 11.4. The molecule has 0 unspecified atom stereocenters. The number of nitriles is 1. The molecule has 1 aromatic carbocycles. The quantitative estimate of drug-likeness (QED) is 0.926. The van der Waals surface area contributed by atoms with Gasteiger partial charge in [0.25, 0.3) is 10.0 Å². The molecule has 0 saturated heterocycles. The van der Waals surface area contributed by atoms with Gasteiger partial charge in [-0.3, -0.25) is 4.72 Å². The molecule has 0 radical (unpaired) electrons. The van der Waals surface area contributed by atoms with E-state index in [1.165, 1.54) is 25.4 Å². The summed E-state index contributed by atoms with van der Waals surface area (Å²) in [5, 5.41) is 8.89. The summed E-state index contributed by atoms with van der Waals surface area (Å²) in [6.45, 7) is 0. The van der Waals surface area contributed by atoms with Crippen LogP contribution in [0.4, 0.5) is 5.69 Å². The molecule has 1 heterocycles. The minimum absolute atomic E-state index is 0.145. The van der Waals surface area contributed by atoms with E-state index in [4.69, 9.17) is 10.00 Å². The fourth-order valence-corrected chi connectivity index (χ4v) is 2.73. The smallest absolute Gasteiger partial charge is 0.264 e. The van der Waals surface area contributed by atoms with Crippen molar-refractivity contribution in [3.05, 3.63) is 48.3 Å². The number of nitrogens with zero attached hydrogens (tertiary/aromatic N) is 2. The van der Waals surface area contributed by atoms with Crippen LogP contribution in [0.3, 0.4) is 0 Å². The van der Waals surface area contributed by atoms with Gasteiger partial charge in [-0.15, -0.1) is 0 Å². The highest BCUT2D eigenvalue weighted by Crippen LogP contribution is 2.20. The zero-order valence-electron chi connectivity index (χ0n) is 10.6. The molecule has 2 rings (SSSR count). The maximum Gasteiger partial charge on any atom is 0.264 e. The zero-order chi connectivity index (χ0) is 14.6. The first-order valence-corrected chi connectivity index (χ1v) is 7.07. The molecule has 0 fully saturated rings. The van der Waals surface area contributed by atoms with Crippen LogP contribution in [0.2, 0.25) is 0 Å². The monoisotopic (exact) mass is 289 g/mol. The average molecular weight is 289 g/mol. The Balaban J connectivity index is 2.33. The van der Waals surface area contributed by atoms with Gasteiger partial charge in [-0.1, -0.05) is 0 Å². The maximum absolute atomic E-state index is 12.2. The highest BCUT2D eigenvalue weighted by Gasteiger charge is 2.19. The molecule has 1 aromatic heterocycles. The number of nitrogens with one attached hydrogen (secondary N) is 1. The fourth-order valence-electron chi connectivity index (χ4n) is 1.56. The van der Waals surface area contributed by atoms with Crippen LogP contribution in [-0.2, 0) is 10.0 Å². The summed E-state index contributed by atoms with van der Waals surface area (Å²) in [4.78, 5) is 3.58. The van der Waals surface area contributed by atoms with E-state index in [-0.39, 0.29) is 10.6 Å². The van der Waals surface area contributed by atoms with Crippen molar-refractivity contribution in [1.82, 2.24) is 4.98 Å². The molecule has 0 saturated carbocycles. The number of sulfonamides is 1. The minimum atomic E-state index is -3.85. The Labute approximate surface area is 116 Å². The molecule has 0 atom stereocenters. The summed E-state index contributed by atoms with van der Waals surface area (Å²) in [5.74, 6) is 0.618. The third-order valence-corrected chi connectivity index (χ3v) is 3.92. The fraction of sp³-hybridized carbons (Fsp3) is 0.0769. The predicted molar refractivity (Wildman–Crippen MR) is 72.8 cm³/mol. The number of anilines is 1. The number of hydrogen-bond acceptors (Lipinski definition) is 5. The van der Waals surface area contributed by atoms with Gasteiger partial charge in [-0.25, -0.2) is 13.4 Å². The Morgan fingerprint density at radius 3 is 2.55 bits per heavy atom. The topological polar surface area (TPSA) is 92.1 Å². The van der Waals surface area contributed by atoms with Crippen molar-refractivity contribution in [3.63, 3.8) is 0 Å². The van der Waals surface area contributed by atoms with Crippen molar-refractivity contribution >= 4 is 15.7 Å². The van der Waals surface area contributed by atoms with Gasteiger partial charge >= 0.3 is 0 Å². The van der Waals surface area contributed by atoms with E-state index < -0.39 is 10.0 Å². The number of methoxy groups -OCH3 is 1. The van der Waals surface area contributed by atoms with Crippen LogP contribution in [0.1, 0.15) is 5.69 Å². The van der Waals surface area contributed by atoms with Gasteiger partial charge in [0.15, 0.2) is 5.69 Å². The summed E-state index contributed by atoms with van der Waals surface area (Å²) in [6, 6.07) is 10.9. The van der Waals surface area contributed by atoms with Crippen molar-refractivity contribution < 1.29 is 13.2 Å². The Kier molecular flexibility index (Phi) is 3.86.